The van der Waals surface area contributed by atoms with Crippen LogP contribution in [0.15, 0.2) is 18.2 Å². The molecule has 0 bridgehead atoms. The Bertz CT molecular complexity index is 676. The van der Waals surface area contributed by atoms with Crippen LogP contribution in [-0.2, 0) is 4.74 Å². The Morgan fingerprint density at radius 3 is 2.39 bits per heavy atom. The van der Waals surface area contributed by atoms with Crippen molar-refractivity contribution in [2.45, 2.75) is 76.5 Å². The molecule has 0 amide bonds. The zero-order valence-electron chi connectivity index (χ0n) is 16.9. The van der Waals surface area contributed by atoms with Crippen molar-refractivity contribution in [1.29, 1.82) is 0 Å². The maximum absolute atomic E-state index is 11.4. The summed E-state index contributed by atoms with van der Waals surface area (Å²) in [7, 11) is 0. The lowest BCUT2D eigenvalue weighted by atomic mass is 9.91. The molecule has 6 nitrogen and oxygen atoms in total. The molecule has 1 saturated heterocycles. The van der Waals surface area contributed by atoms with Crippen LogP contribution in [0.2, 0.25) is 0 Å². The van der Waals surface area contributed by atoms with Crippen LogP contribution in [0.25, 0.3) is 0 Å². The van der Waals surface area contributed by atoms with E-state index in [1.54, 1.807) is 6.07 Å². The summed E-state index contributed by atoms with van der Waals surface area (Å²) in [4.78, 5) is 13.3. The van der Waals surface area contributed by atoms with Crippen molar-refractivity contribution in [1.82, 2.24) is 5.32 Å². The van der Waals surface area contributed by atoms with E-state index in [9.17, 15) is 10.1 Å². The van der Waals surface area contributed by atoms with Crippen molar-refractivity contribution in [2.75, 3.05) is 24.6 Å². The molecular weight excluding hydrogens is 354 g/mol. The first kappa shape index (κ1) is 19.6. The normalized spacial score (nSPS) is 26.4. The minimum atomic E-state index is -0.261. The second kappa shape index (κ2) is 8.78. The van der Waals surface area contributed by atoms with Gasteiger partial charge in [-0.3, -0.25) is 10.1 Å². The van der Waals surface area contributed by atoms with Crippen molar-refractivity contribution in [3.63, 3.8) is 0 Å². The van der Waals surface area contributed by atoms with E-state index in [-0.39, 0.29) is 10.6 Å². The van der Waals surface area contributed by atoms with E-state index >= 15 is 0 Å². The topological polar surface area (TPSA) is 67.6 Å². The fourth-order valence-electron chi connectivity index (χ4n) is 4.61. The Balaban J connectivity index is 1.23. The quantitative estimate of drug-likeness (QED) is 0.561. The molecule has 0 aromatic heterocycles. The molecule has 1 heterocycles. The highest BCUT2D eigenvalue weighted by Gasteiger charge is 2.29. The van der Waals surface area contributed by atoms with Crippen LogP contribution in [-0.4, -0.2) is 42.8 Å². The van der Waals surface area contributed by atoms with Gasteiger partial charge in [0.25, 0.3) is 5.69 Å². The molecule has 1 N–H and O–H groups in total. The summed E-state index contributed by atoms with van der Waals surface area (Å²) in [5.41, 5.74) is 2.07. The molecule has 3 fully saturated rings. The molecule has 0 radical (unpaired) electrons. The zero-order valence-corrected chi connectivity index (χ0v) is 16.9. The molecule has 0 unspecified atom stereocenters. The maximum Gasteiger partial charge on any atom is 0.292 e. The van der Waals surface area contributed by atoms with Gasteiger partial charge in [-0.2, -0.15) is 0 Å². The third-order valence-electron chi connectivity index (χ3n) is 6.57. The highest BCUT2D eigenvalue weighted by atomic mass is 16.6. The molecule has 0 spiro atoms. The van der Waals surface area contributed by atoms with E-state index in [2.05, 4.69) is 10.2 Å². The molecule has 154 valence electrons. The second-order valence-electron chi connectivity index (χ2n) is 8.93. The minimum Gasteiger partial charge on any atom is -0.378 e. The molecule has 2 saturated carbocycles. The number of nitro benzene ring substituents is 1. The van der Waals surface area contributed by atoms with E-state index in [1.807, 2.05) is 19.1 Å². The van der Waals surface area contributed by atoms with Gasteiger partial charge in [0.1, 0.15) is 5.69 Å². The van der Waals surface area contributed by atoms with Crippen molar-refractivity contribution < 1.29 is 9.66 Å². The molecule has 1 aromatic rings. The Morgan fingerprint density at radius 2 is 1.75 bits per heavy atom. The lowest BCUT2D eigenvalue weighted by molar-refractivity contribution is -0.384. The third kappa shape index (κ3) is 5.03. The number of piperidine rings is 1. The number of ether oxygens (including phenoxy) is 1. The van der Waals surface area contributed by atoms with E-state index in [0.29, 0.717) is 18.2 Å². The monoisotopic (exact) mass is 387 g/mol. The van der Waals surface area contributed by atoms with Gasteiger partial charge in [0.2, 0.25) is 0 Å². The first-order valence-electron chi connectivity index (χ1n) is 11.0. The van der Waals surface area contributed by atoms with Gasteiger partial charge < -0.3 is 15.0 Å². The summed E-state index contributed by atoms with van der Waals surface area (Å²) >= 11 is 0. The van der Waals surface area contributed by atoms with Gasteiger partial charge in [-0.15, -0.1) is 0 Å². The number of hydrogen-bond donors (Lipinski definition) is 1. The van der Waals surface area contributed by atoms with E-state index in [1.165, 1.54) is 38.5 Å². The van der Waals surface area contributed by atoms with E-state index in [4.69, 9.17) is 4.74 Å². The third-order valence-corrected chi connectivity index (χ3v) is 6.57. The lowest BCUT2D eigenvalue weighted by Gasteiger charge is -2.37. The van der Waals surface area contributed by atoms with Crippen LogP contribution in [0.4, 0.5) is 11.4 Å². The highest BCUT2D eigenvalue weighted by Crippen LogP contribution is 2.33. The van der Waals surface area contributed by atoms with Gasteiger partial charge in [-0.25, -0.2) is 0 Å². The fraction of sp³-hybridized carbons (Fsp3) is 0.727. The SMILES string of the molecule is Cc1ccc([N+](=O)[O-])c(N2CCC(NC3CCC(OCC4CC4)CC3)CC2)c1. The first-order chi connectivity index (χ1) is 13.6. The van der Waals surface area contributed by atoms with Crippen LogP contribution in [0.1, 0.15) is 56.9 Å². The minimum absolute atomic E-state index is 0.224. The van der Waals surface area contributed by atoms with Gasteiger partial charge in [0.15, 0.2) is 0 Å². The number of benzene rings is 1. The van der Waals surface area contributed by atoms with Crippen LogP contribution < -0.4 is 10.2 Å². The predicted molar refractivity (Wildman–Crippen MR) is 111 cm³/mol. The number of hydrogen-bond acceptors (Lipinski definition) is 5. The van der Waals surface area contributed by atoms with Gasteiger partial charge in [-0.05, 0) is 75.8 Å². The largest absolute Gasteiger partial charge is 0.378 e. The Morgan fingerprint density at radius 1 is 1.07 bits per heavy atom. The Labute approximate surface area is 167 Å². The van der Waals surface area contributed by atoms with Gasteiger partial charge >= 0.3 is 0 Å². The molecule has 1 aliphatic heterocycles. The molecule has 28 heavy (non-hydrogen) atoms. The second-order valence-corrected chi connectivity index (χ2v) is 8.93. The van der Waals surface area contributed by atoms with Gasteiger partial charge in [0.05, 0.1) is 11.0 Å². The highest BCUT2D eigenvalue weighted by molar-refractivity contribution is 5.64. The zero-order chi connectivity index (χ0) is 19.5. The Kier molecular flexibility index (Phi) is 6.16. The molecule has 2 aliphatic carbocycles. The standard InChI is InChI=1S/C22H33N3O3/c1-16-2-9-21(25(26)27)22(14-16)24-12-10-19(11-13-24)23-18-5-7-20(8-6-18)28-15-17-3-4-17/h2,9,14,17-20,23H,3-8,10-13,15H2,1H3. The van der Waals surface area contributed by atoms with Crippen molar-refractivity contribution in [2.24, 2.45) is 5.92 Å². The summed E-state index contributed by atoms with van der Waals surface area (Å²) in [6, 6.07) is 6.54. The summed E-state index contributed by atoms with van der Waals surface area (Å²) in [6.45, 7) is 4.72. The molecule has 3 aliphatic rings. The molecular formula is C22H33N3O3. The summed E-state index contributed by atoms with van der Waals surface area (Å²) < 4.78 is 6.06. The number of nitrogens with one attached hydrogen (secondary N) is 1. The molecule has 6 heteroatoms. The van der Waals surface area contributed by atoms with Crippen molar-refractivity contribution in [3.8, 4) is 0 Å². The molecule has 4 rings (SSSR count). The fourth-order valence-corrected chi connectivity index (χ4v) is 4.61. The number of rotatable bonds is 7. The number of nitrogens with zero attached hydrogens (tertiary/aromatic N) is 2. The van der Waals surface area contributed by atoms with Crippen LogP contribution in [0.5, 0.6) is 0 Å². The van der Waals surface area contributed by atoms with Crippen LogP contribution in [0.3, 0.4) is 0 Å². The number of anilines is 1. The average Bonchev–Trinajstić information content (AvgIpc) is 3.52. The molecule has 1 aromatic carbocycles. The van der Waals surface area contributed by atoms with Crippen molar-refractivity contribution in [3.05, 3.63) is 33.9 Å². The van der Waals surface area contributed by atoms with E-state index < -0.39 is 0 Å². The Hall–Kier alpha value is -1.66. The van der Waals surface area contributed by atoms with Crippen LogP contribution in [0, 0.1) is 23.0 Å². The van der Waals surface area contributed by atoms with Gasteiger partial charge in [-0.1, -0.05) is 6.07 Å². The summed E-state index contributed by atoms with van der Waals surface area (Å²) in [6.07, 6.45) is 10.1. The van der Waals surface area contributed by atoms with Crippen molar-refractivity contribution >= 4 is 11.4 Å². The molecule has 0 atom stereocenters. The number of nitro groups is 1. The van der Waals surface area contributed by atoms with Gasteiger partial charge in [0, 0.05) is 37.8 Å². The van der Waals surface area contributed by atoms with Crippen LogP contribution >= 0.6 is 0 Å². The summed E-state index contributed by atoms with van der Waals surface area (Å²) in [5.74, 6) is 0.852. The smallest absolute Gasteiger partial charge is 0.292 e. The average molecular weight is 388 g/mol. The van der Waals surface area contributed by atoms with E-state index in [0.717, 1.165) is 49.7 Å². The lowest BCUT2D eigenvalue weighted by Crippen LogP contribution is -2.47. The number of aryl methyl sites for hydroxylation is 1. The maximum atomic E-state index is 11.4. The summed E-state index contributed by atoms with van der Waals surface area (Å²) in [5, 5.41) is 15.2. The predicted octanol–water partition coefficient (Wildman–Crippen LogP) is 4.20. The first-order valence-corrected chi connectivity index (χ1v) is 11.0.